The van der Waals surface area contributed by atoms with Crippen LogP contribution in [0.4, 0.5) is 0 Å². The standard InChI is InChI=1S/C3H10Si.H2/c1-3(2)4;/h3H,1-2,4H3;1H. The molecule has 0 aliphatic rings. The van der Waals surface area contributed by atoms with Gasteiger partial charge in [-0.25, -0.2) is 0 Å². The molecule has 0 saturated heterocycles. The third-order valence-electron chi connectivity index (χ3n) is 0. The average molecular weight is 76.2 g/mol. The van der Waals surface area contributed by atoms with Crippen LogP contribution in [-0.4, -0.2) is 10.2 Å². The summed E-state index contributed by atoms with van der Waals surface area (Å²) in [4.78, 5) is 0. The molecule has 0 amide bonds. The number of hydrogen-bond donors (Lipinski definition) is 0. The van der Waals surface area contributed by atoms with Crippen LogP contribution in [0.1, 0.15) is 15.3 Å². The Balaban J connectivity index is 0. The van der Waals surface area contributed by atoms with Gasteiger partial charge in [0.2, 0.25) is 0 Å². The Morgan fingerprint density at radius 2 is 1.75 bits per heavy atom. The topological polar surface area (TPSA) is 0 Å². The molecule has 0 aliphatic heterocycles. The van der Waals surface area contributed by atoms with Crippen molar-refractivity contribution >= 4 is 10.2 Å². The fourth-order valence-corrected chi connectivity index (χ4v) is 0. The predicted octanol–water partition coefficient (Wildman–Crippen LogP) is 0.426. The molecule has 0 bridgehead atoms. The lowest BCUT2D eigenvalue weighted by molar-refractivity contribution is 1.08. The highest BCUT2D eigenvalue weighted by Crippen LogP contribution is 1.84. The predicted molar refractivity (Wildman–Crippen MR) is 27.2 cm³/mol. The molecular weight excluding hydrogens is 64.1 g/mol. The van der Waals surface area contributed by atoms with Crippen molar-refractivity contribution in [1.29, 1.82) is 0 Å². The molecule has 0 aromatic rings. The Morgan fingerprint density at radius 3 is 1.75 bits per heavy atom. The van der Waals surface area contributed by atoms with Gasteiger partial charge in [0, 0.05) is 11.7 Å². The normalized spacial score (nSPS) is 9.75. The first-order valence-corrected chi connectivity index (χ1v) is 2.89. The third-order valence-corrected chi connectivity index (χ3v) is 0. The summed E-state index contributed by atoms with van der Waals surface area (Å²) in [6.07, 6.45) is 0. The fourth-order valence-electron chi connectivity index (χ4n) is 0. The highest BCUT2D eigenvalue weighted by molar-refractivity contribution is 6.10. The first-order valence-electron chi connectivity index (χ1n) is 1.73. The van der Waals surface area contributed by atoms with E-state index >= 15 is 0 Å². The van der Waals surface area contributed by atoms with Crippen molar-refractivity contribution in [1.82, 2.24) is 0 Å². The Morgan fingerprint density at radius 1 is 1.75 bits per heavy atom. The maximum atomic E-state index is 2.23. The van der Waals surface area contributed by atoms with Crippen molar-refractivity contribution in [2.24, 2.45) is 0 Å². The van der Waals surface area contributed by atoms with Gasteiger partial charge < -0.3 is 0 Å². The van der Waals surface area contributed by atoms with Crippen molar-refractivity contribution < 1.29 is 1.43 Å². The van der Waals surface area contributed by atoms with Gasteiger partial charge in [-0.2, -0.15) is 0 Å². The van der Waals surface area contributed by atoms with Gasteiger partial charge in [0.25, 0.3) is 0 Å². The van der Waals surface area contributed by atoms with Crippen LogP contribution in [0.25, 0.3) is 0 Å². The molecule has 0 rings (SSSR count). The lowest BCUT2D eigenvalue weighted by Crippen LogP contribution is -1.67. The van der Waals surface area contributed by atoms with E-state index in [0.717, 1.165) is 5.54 Å². The van der Waals surface area contributed by atoms with Crippen molar-refractivity contribution in [3.8, 4) is 0 Å². The van der Waals surface area contributed by atoms with Crippen LogP contribution in [0.2, 0.25) is 5.54 Å². The van der Waals surface area contributed by atoms with Crippen molar-refractivity contribution in [3.05, 3.63) is 0 Å². The van der Waals surface area contributed by atoms with E-state index in [1.54, 1.807) is 0 Å². The summed E-state index contributed by atoms with van der Waals surface area (Å²) in [6.45, 7) is 4.46. The highest BCUT2D eigenvalue weighted by atomic mass is 28.1. The molecule has 0 N–H and O–H groups in total. The molecule has 0 unspecified atom stereocenters. The number of hydrogen-bond acceptors (Lipinski definition) is 0. The van der Waals surface area contributed by atoms with Gasteiger partial charge in [0.05, 0.1) is 0 Å². The smallest absolute Gasteiger partial charge is 0.00602 e. The molecule has 0 fully saturated rings. The molecular formula is C3H12Si. The van der Waals surface area contributed by atoms with Gasteiger partial charge in [-0.05, 0) is 0 Å². The monoisotopic (exact) mass is 76.1 g/mol. The minimum atomic E-state index is 0. The number of rotatable bonds is 0. The van der Waals surface area contributed by atoms with Crippen LogP contribution in [0.3, 0.4) is 0 Å². The fraction of sp³-hybridized carbons (Fsp3) is 1.00. The second kappa shape index (κ2) is 1.53. The van der Waals surface area contributed by atoms with E-state index in [2.05, 4.69) is 13.8 Å². The van der Waals surface area contributed by atoms with Gasteiger partial charge in [0.1, 0.15) is 0 Å². The zero-order valence-corrected chi connectivity index (χ0v) is 5.58. The molecule has 0 spiro atoms. The van der Waals surface area contributed by atoms with Crippen molar-refractivity contribution in [3.63, 3.8) is 0 Å². The summed E-state index contributed by atoms with van der Waals surface area (Å²) in [6, 6.07) is 0. The second-order valence-electron chi connectivity index (χ2n) is 1.73. The van der Waals surface area contributed by atoms with Gasteiger partial charge in [-0.1, -0.05) is 19.4 Å². The Bertz CT molecular complexity index is 11.6. The van der Waals surface area contributed by atoms with Crippen LogP contribution in [0.15, 0.2) is 0 Å². The molecule has 0 aliphatic carbocycles. The molecule has 1 heteroatoms. The average Bonchev–Trinajstić information content (AvgIpc) is 0.811. The molecule has 0 saturated carbocycles. The van der Waals surface area contributed by atoms with E-state index in [-0.39, 0.29) is 1.43 Å². The van der Waals surface area contributed by atoms with E-state index in [9.17, 15) is 0 Å². The van der Waals surface area contributed by atoms with Crippen LogP contribution in [0, 0.1) is 0 Å². The van der Waals surface area contributed by atoms with E-state index in [4.69, 9.17) is 0 Å². The summed E-state index contributed by atoms with van der Waals surface area (Å²) in [5.41, 5.74) is 0.972. The maximum Gasteiger partial charge on any atom is 0.00602 e. The molecule has 0 nitrogen and oxygen atoms in total. The van der Waals surface area contributed by atoms with E-state index in [1.165, 1.54) is 10.2 Å². The Labute approximate surface area is 32.1 Å². The lowest BCUT2D eigenvalue weighted by Gasteiger charge is -1.78. The molecule has 0 aromatic heterocycles. The Kier molecular flexibility index (Phi) is 1.61. The first kappa shape index (κ1) is 4.22. The minimum absolute atomic E-state index is 0. The lowest BCUT2D eigenvalue weighted by atomic mass is 10.6. The zero-order valence-electron chi connectivity index (χ0n) is 3.58. The zero-order chi connectivity index (χ0) is 3.58. The molecule has 0 heterocycles. The highest BCUT2D eigenvalue weighted by Gasteiger charge is 1.68. The van der Waals surface area contributed by atoms with Gasteiger partial charge in [-0.15, -0.1) is 0 Å². The minimum Gasteiger partial charge on any atom is -0.0660 e. The van der Waals surface area contributed by atoms with E-state index in [1.807, 2.05) is 0 Å². The summed E-state index contributed by atoms with van der Waals surface area (Å²) in [5, 5.41) is 0. The molecule has 0 atom stereocenters. The summed E-state index contributed by atoms with van der Waals surface area (Å²) < 4.78 is 0. The molecule has 28 valence electrons. The largest absolute Gasteiger partial charge is 0.0660 e. The quantitative estimate of drug-likeness (QED) is 0.367. The van der Waals surface area contributed by atoms with Crippen LogP contribution in [-0.2, 0) is 0 Å². The van der Waals surface area contributed by atoms with Crippen LogP contribution < -0.4 is 0 Å². The SMILES string of the molecule is CC(C)[SiH3].[HH]. The Hall–Kier alpha value is 0.217. The van der Waals surface area contributed by atoms with E-state index < -0.39 is 0 Å². The van der Waals surface area contributed by atoms with E-state index in [0.29, 0.717) is 0 Å². The summed E-state index contributed by atoms with van der Waals surface area (Å²) >= 11 is 0. The van der Waals surface area contributed by atoms with Crippen molar-refractivity contribution in [2.45, 2.75) is 19.4 Å². The molecule has 0 radical (unpaired) electrons. The van der Waals surface area contributed by atoms with Gasteiger partial charge in [0.15, 0.2) is 0 Å². The van der Waals surface area contributed by atoms with Gasteiger partial charge in [-0.3, -0.25) is 0 Å². The summed E-state index contributed by atoms with van der Waals surface area (Å²) in [7, 11) is 1.35. The van der Waals surface area contributed by atoms with Crippen molar-refractivity contribution in [2.75, 3.05) is 0 Å². The first-order chi connectivity index (χ1) is 1.73. The van der Waals surface area contributed by atoms with Crippen LogP contribution >= 0.6 is 0 Å². The summed E-state index contributed by atoms with van der Waals surface area (Å²) in [5.74, 6) is 0. The third kappa shape index (κ3) is 69.8. The molecule has 4 heavy (non-hydrogen) atoms. The van der Waals surface area contributed by atoms with Gasteiger partial charge >= 0.3 is 0 Å². The maximum absolute atomic E-state index is 2.23. The molecule has 0 aromatic carbocycles. The second-order valence-corrected chi connectivity index (χ2v) is 4.04. The van der Waals surface area contributed by atoms with Crippen LogP contribution in [0.5, 0.6) is 0 Å².